The van der Waals surface area contributed by atoms with Crippen LogP contribution in [0.25, 0.3) is 0 Å². The summed E-state index contributed by atoms with van der Waals surface area (Å²) >= 11 is 6.01. The Hall–Kier alpha value is -2.53. The van der Waals surface area contributed by atoms with Crippen molar-refractivity contribution in [3.05, 3.63) is 64.2 Å². The van der Waals surface area contributed by atoms with Gasteiger partial charge in [-0.05, 0) is 43.0 Å². The highest BCUT2D eigenvalue weighted by Gasteiger charge is 2.28. The van der Waals surface area contributed by atoms with E-state index >= 15 is 0 Å². The van der Waals surface area contributed by atoms with Crippen molar-refractivity contribution in [1.29, 1.82) is 0 Å². The Morgan fingerprint density at radius 1 is 1.22 bits per heavy atom. The summed E-state index contributed by atoms with van der Waals surface area (Å²) in [6.07, 6.45) is 1.16. The third kappa shape index (κ3) is 5.73. The molecule has 2 amide bonds. The van der Waals surface area contributed by atoms with E-state index in [9.17, 15) is 14.7 Å². The first kappa shape index (κ1) is 20.8. The average molecular weight is 389 g/mol. The zero-order valence-electron chi connectivity index (χ0n) is 15.5. The van der Waals surface area contributed by atoms with E-state index in [0.29, 0.717) is 29.0 Å². The summed E-state index contributed by atoms with van der Waals surface area (Å²) in [6.45, 7) is 3.56. The molecule has 27 heavy (non-hydrogen) atoms. The number of aromatic hydroxyl groups is 1. The van der Waals surface area contributed by atoms with Crippen molar-refractivity contribution in [2.75, 3.05) is 0 Å². The Morgan fingerprint density at radius 2 is 1.89 bits per heavy atom. The molecule has 0 fully saturated rings. The topological polar surface area (TPSA) is 92.4 Å². The number of nitrogens with two attached hydrogens (primary N) is 1. The minimum atomic E-state index is -0.575. The molecular formula is C21H25ClN2O3. The molecule has 0 aliphatic carbocycles. The predicted octanol–water partition coefficient (Wildman–Crippen LogP) is 3.34. The molecule has 0 radical (unpaired) electrons. The molecule has 2 aromatic rings. The summed E-state index contributed by atoms with van der Waals surface area (Å²) < 4.78 is 0. The first-order valence-corrected chi connectivity index (χ1v) is 9.26. The number of phenolic OH excluding ortho intramolecular Hbond substituents is 1. The van der Waals surface area contributed by atoms with Gasteiger partial charge in [0, 0.05) is 29.0 Å². The van der Waals surface area contributed by atoms with Gasteiger partial charge in [-0.25, -0.2) is 0 Å². The predicted molar refractivity (Wildman–Crippen MR) is 106 cm³/mol. The van der Waals surface area contributed by atoms with Crippen LogP contribution in [0.1, 0.15) is 30.0 Å². The van der Waals surface area contributed by atoms with E-state index in [0.717, 1.165) is 5.56 Å². The molecule has 2 atom stereocenters. The summed E-state index contributed by atoms with van der Waals surface area (Å²) in [6, 6.07) is 13.0. The van der Waals surface area contributed by atoms with Gasteiger partial charge in [0.25, 0.3) is 0 Å². The lowest BCUT2D eigenvalue weighted by molar-refractivity contribution is -0.133. The number of carbonyl (C=O) groups excluding carboxylic acids is 2. The summed E-state index contributed by atoms with van der Waals surface area (Å²) in [7, 11) is 0. The molecule has 0 bridgehead atoms. The maximum absolute atomic E-state index is 12.5. The highest BCUT2D eigenvalue weighted by molar-refractivity contribution is 6.30. The Labute approximate surface area is 164 Å². The fourth-order valence-corrected chi connectivity index (χ4v) is 3.37. The maximum Gasteiger partial charge on any atom is 0.223 e. The molecule has 0 aliphatic heterocycles. The van der Waals surface area contributed by atoms with E-state index in [1.807, 2.05) is 30.3 Å². The summed E-state index contributed by atoms with van der Waals surface area (Å²) in [5.41, 5.74) is 7.79. The van der Waals surface area contributed by atoms with Crippen molar-refractivity contribution in [2.24, 2.45) is 17.6 Å². The quantitative estimate of drug-likeness (QED) is 0.647. The summed E-state index contributed by atoms with van der Waals surface area (Å²) in [4.78, 5) is 24.4. The molecule has 0 aromatic heterocycles. The van der Waals surface area contributed by atoms with Crippen molar-refractivity contribution in [3.8, 4) is 5.75 Å². The van der Waals surface area contributed by atoms with Crippen LogP contribution >= 0.6 is 11.6 Å². The second kappa shape index (κ2) is 9.42. The second-order valence-corrected chi connectivity index (χ2v) is 7.21. The van der Waals surface area contributed by atoms with E-state index in [1.165, 1.54) is 0 Å². The average Bonchev–Trinajstić information content (AvgIpc) is 2.63. The van der Waals surface area contributed by atoms with Crippen LogP contribution < -0.4 is 11.1 Å². The molecule has 2 aromatic carbocycles. The number of rotatable bonds is 8. The number of phenols is 1. The van der Waals surface area contributed by atoms with Crippen LogP contribution in [-0.4, -0.2) is 16.9 Å². The van der Waals surface area contributed by atoms with E-state index in [2.05, 4.69) is 5.32 Å². The molecular weight excluding hydrogens is 364 g/mol. The van der Waals surface area contributed by atoms with Crippen molar-refractivity contribution in [2.45, 2.75) is 33.2 Å². The molecule has 1 unspecified atom stereocenters. The summed E-state index contributed by atoms with van der Waals surface area (Å²) in [5.74, 6) is -1.82. The number of halogens is 1. The van der Waals surface area contributed by atoms with Gasteiger partial charge in [-0.15, -0.1) is 0 Å². The normalized spacial score (nSPS) is 13.0. The van der Waals surface area contributed by atoms with Crippen LogP contribution in [0.15, 0.2) is 42.5 Å². The van der Waals surface area contributed by atoms with E-state index < -0.39 is 17.7 Å². The monoisotopic (exact) mass is 388 g/mol. The first-order valence-electron chi connectivity index (χ1n) is 8.88. The number of carbonyl (C=O) groups is 2. The Kier molecular flexibility index (Phi) is 7.25. The van der Waals surface area contributed by atoms with Gasteiger partial charge in [0.15, 0.2) is 0 Å². The molecule has 0 spiro atoms. The second-order valence-electron chi connectivity index (χ2n) is 6.77. The number of nitrogens with one attached hydrogen (secondary N) is 1. The van der Waals surface area contributed by atoms with Crippen LogP contribution in [-0.2, 0) is 22.6 Å². The minimum Gasteiger partial charge on any atom is -0.507 e. The molecule has 0 saturated carbocycles. The Balaban J connectivity index is 1.99. The number of amides is 2. The fraction of sp³-hybridized carbons (Fsp3) is 0.333. The van der Waals surface area contributed by atoms with Crippen LogP contribution in [0.5, 0.6) is 5.75 Å². The van der Waals surface area contributed by atoms with Crippen molar-refractivity contribution in [3.63, 3.8) is 0 Å². The van der Waals surface area contributed by atoms with Gasteiger partial charge in [0.1, 0.15) is 5.75 Å². The van der Waals surface area contributed by atoms with Crippen LogP contribution in [0.3, 0.4) is 0 Å². The van der Waals surface area contributed by atoms with E-state index in [4.69, 9.17) is 17.3 Å². The lowest BCUT2D eigenvalue weighted by Gasteiger charge is -2.21. The molecule has 0 aliphatic rings. The number of hydrogen-bond donors (Lipinski definition) is 3. The summed E-state index contributed by atoms with van der Waals surface area (Å²) in [5, 5.41) is 13.3. The number of primary amides is 1. The molecule has 0 heterocycles. The van der Waals surface area contributed by atoms with Crippen molar-refractivity contribution in [1.82, 2.24) is 5.32 Å². The van der Waals surface area contributed by atoms with Crippen LogP contribution in [0, 0.1) is 18.8 Å². The van der Waals surface area contributed by atoms with E-state index in [-0.39, 0.29) is 18.2 Å². The molecule has 144 valence electrons. The smallest absolute Gasteiger partial charge is 0.223 e. The van der Waals surface area contributed by atoms with Gasteiger partial charge >= 0.3 is 0 Å². The van der Waals surface area contributed by atoms with Gasteiger partial charge in [-0.2, -0.15) is 0 Å². The van der Waals surface area contributed by atoms with Gasteiger partial charge in [-0.1, -0.05) is 48.9 Å². The van der Waals surface area contributed by atoms with Crippen molar-refractivity contribution < 1.29 is 14.7 Å². The largest absolute Gasteiger partial charge is 0.507 e. The molecule has 5 nitrogen and oxygen atoms in total. The fourth-order valence-electron chi connectivity index (χ4n) is 3.07. The zero-order valence-corrected chi connectivity index (χ0v) is 16.3. The Bertz CT molecular complexity index is 809. The van der Waals surface area contributed by atoms with Gasteiger partial charge < -0.3 is 16.2 Å². The first-order chi connectivity index (χ1) is 12.8. The number of aryl methyl sites for hydroxylation is 2. The van der Waals surface area contributed by atoms with Gasteiger partial charge in [0.05, 0.1) is 0 Å². The highest BCUT2D eigenvalue weighted by Crippen LogP contribution is 2.26. The van der Waals surface area contributed by atoms with E-state index in [1.54, 1.807) is 26.0 Å². The molecule has 0 saturated heterocycles. The van der Waals surface area contributed by atoms with Gasteiger partial charge in [-0.3, -0.25) is 9.59 Å². The maximum atomic E-state index is 12.5. The lowest BCUT2D eigenvalue weighted by Crippen LogP contribution is -2.39. The van der Waals surface area contributed by atoms with Crippen molar-refractivity contribution >= 4 is 23.4 Å². The third-order valence-corrected chi connectivity index (χ3v) is 4.98. The number of hydrogen-bond acceptors (Lipinski definition) is 3. The van der Waals surface area contributed by atoms with Crippen LogP contribution in [0.2, 0.25) is 5.02 Å². The molecule has 6 heteroatoms. The number of benzene rings is 2. The highest BCUT2D eigenvalue weighted by atomic mass is 35.5. The SMILES string of the molecule is Cc1cc(Cl)cc(CNC(=O)[C@@H](C)C(CCc2ccccc2)C(N)=O)c1O. The Morgan fingerprint density at radius 3 is 2.52 bits per heavy atom. The molecule has 4 N–H and O–H groups in total. The lowest BCUT2D eigenvalue weighted by atomic mass is 9.87. The van der Waals surface area contributed by atoms with Gasteiger partial charge in [0.2, 0.25) is 11.8 Å². The third-order valence-electron chi connectivity index (χ3n) is 4.77. The minimum absolute atomic E-state index is 0.0999. The zero-order chi connectivity index (χ0) is 20.0. The van der Waals surface area contributed by atoms with Crippen LogP contribution in [0.4, 0.5) is 0 Å². The standard InChI is InChI=1S/C21H25ClN2O3/c1-13-10-17(22)11-16(19(13)25)12-24-21(27)14(2)18(20(23)26)9-8-15-6-4-3-5-7-15/h3-7,10-11,14,18,25H,8-9,12H2,1-2H3,(H2,23,26)(H,24,27)/t14-,18?/m0/s1. The molecule has 2 rings (SSSR count).